The van der Waals surface area contributed by atoms with Crippen molar-refractivity contribution in [3.63, 3.8) is 0 Å². The molecular formula is C20H19NO. The van der Waals surface area contributed by atoms with E-state index in [-0.39, 0.29) is 5.78 Å². The molecule has 0 atom stereocenters. The molecule has 2 aromatic rings. The number of nitrogens with one attached hydrogen (secondary N) is 1. The van der Waals surface area contributed by atoms with E-state index in [0.717, 1.165) is 42.6 Å². The van der Waals surface area contributed by atoms with Crippen LogP contribution in [0.2, 0.25) is 0 Å². The molecule has 0 aromatic heterocycles. The maximum absolute atomic E-state index is 12.7. The van der Waals surface area contributed by atoms with Gasteiger partial charge < -0.3 is 5.32 Å². The van der Waals surface area contributed by atoms with Crippen molar-refractivity contribution in [1.29, 1.82) is 0 Å². The van der Waals surface area contributed by atoms with Gasteiger partial charge >= 0.3 is 0 Å². The first kappa shape index (κ1) is 13.5. The number of benzene rings is 2. The highest BCUT2D eigenvalue weighted by molar-refractivity contribution is 6.06. The van der Waals surface area contributed by atoms with E-state index in [1.165, 1.54) is 16.7 Å². The fraction of sp³-hybridized carbons (Fsp3) is 0.250. The first-order valence-electron chi connectivity index (χ1n) is 7.98. The molecule has 1 fully saturated rings. The van der Waals surface area contributed by atoms with Crippen molar-refractivity contribution >= 4 is 11.4 Å². The van der Waals surface area contributed by atoms with Crippen LogP contribution in [-0.2, 0) is 6.42 Å². The summed E-state index contributed by atoms with van der Waals surface area (Å²) in [7, 11) is 0. The molecule has 0 saturated carbocycles. The molecule has 2 nitrogen and oxygen atoms in total. The van der Waals surface area contributed by atoms with Crippen molar-refractivity contribution in [3.8, 4) is 0 Å². The van der Waals surface area contributed by atoms with Crippen LogP contribution in [-0.4, -0.2) is 18.9 Å². The van der Waals surface area contributed by atoms with Crippen LogP contribution in [0.1, 0.15) is 39.9 Å². The summed E-state index contributed by atoms with van der Waals surface area (Å²) < 4.78 is 0. The molecule has 22 heavy (non-hydrogen) atoms. The van der Waals surface area contributed by atoms with E-state index >= 15 is 0 Å². The van der Waals surface area contributed by atoms with Crippen molar-refractivity contribution < 1.29 is 4.79 Å². The fourth-order valence-electron chi connectivity index (χ4n) is 3.64. The van der Waals surface area contributed by atoms with E-state index in [1.54, 1.807) is 0 Å². The SMILES string of the molecule is O=C1Cc2ccccc2C(=C2CCNCC2)c2ccccc21. The highest BCUT2D eigenvalue weighted by Crippen LogP contribution is 2.37. The third-order valence-corrected chi connectivity index (χ3v) is 4.70. The second kappa shape index (κ2) is 5.54. The van der Waals surface area contributed by atoms with Crippen molar-refractivity contribution in [1.82, 2.24) is 5.32 Å². The second-order valence-corrected chi connectivity index (χ2v) is 6.03. The van der Waals surface area contributed by atoms with Crippen molar-refractivity contribution in [3.05, 3.63) is 76.4 Å². The van der Waals surface area contributed by atoms with Crippen molar-refractivity contribution in [2.24, 2.45) is 0 Å². The molecule has 0 unspecified atom stereocenters. The number of fused-ring (bicyclic) bond motifs is 2. The topological polar surface area (TPSA) is 29.1 Å². The molecule has 1 saturated heterocycles. The van der Waals surface area contributed by atoms with Gasteiger partial charge in [-0.25, -0.2) is 0 Å². The molecule has 0 amide bonds. The quantitative estimate of drug-likeness (QED) is 0.802. The summed E-state index contributed by atoms with van der Waals surface area (Å²) in [4.78, 5) is 12.7. The number of carbonyl (C=O) groups excluding carboxylic acids is 1. The Morgan fingerprint density at radius 1 is 0.773 bits per heavy atom. The zero-order valence-corrected chi connectivity index (χ0v) is 12.6. The van der Waals surface area contributed by atoms with Gasteiger partial charge in [0.25, 0.3) is 0 Å². The highest BCUT2D eigenvalue weighted by atomic mass is 16.1. The van der Waals surface area contributed by atoms with Gasteiger partial charge in [0.1, 0.15) is 0 Å². The molecule has 1 N–H and O–H groups in total. The van der Waals surface area contributed by atoms with Crippen LogP contribution in [0.3, 0.4) is 0 Å². The molecule has 0 bridgehead atoms. The predicted molar refractivity (Wildman–Crippen MR) is 89.0 cm³/mol. The Hall–Kier alpha value is -2.19. The van der Waals surface area contributed by atoms with Crippen LogP contribution in [0.5, 0.6) is 0 Å². The summed E-state index contributed by atoms with van der Waals surface area (Å²) in [5.41, 5.74) is 7.18. The monoisotopic (exact) mass is 289 g/mol. The molecule has 110 valence electrons. The third kappa shape index (κ3) is 2.20. The number of Topliss-reactive ketones (excluding diaryl/α,β-unsaturated/α-hetero) is 1. The summed E-state index contributed by atoms with van der Waals surface area (Å²) in [6.07, 6.45) is 2.63. The van der Waals surface area contributed by atoms with Gasteiger partial charge in [0.2, 0.25) is 0 Å². The Kier molecular flexibility index (Phi) is 3.39. The van der Waals surface area contributed by atoms with E-state index in [0.29, 0.717) is 6.42 Å². The summed E-state index contributed by atoms with van der Waals surface area (Å²) >= 11 is 0. The fourth-order valence-corrected chi connectivity index (χ4v) is 3.64. The second-order valence-electron chi connectivity index (χ2n) is 6.03. The van der Waals surface area contributed by atoms with Gasteiger partial charge in [0, 0.05) is 12.0 Å². The smallest absolute Gasteiger partial charge is 0.167 e. The number of ketones is 1. The maximum atomic E-state index is 12.7. The van der Waals surface area contributed by atoms with Crippen LogP contribution in [0.4, 0.5) is 0 Å². The van der Waals surface area contributed by atoms with Gasteiger partial charge in [-0.1, -0.05) is 54.1 Å². The standard InChI is InChI=1S/C20H19NO/c22-19-13-15-5-1-2-6-16(15)20(14-9-11-21-12-10-14)18-8-4-3-7-17(18)19/h1-8,21H,9-13H2. The lowest BCUT2D eigenvalue weighted by atomic mass is 9.86. The summed E-state index contributed by atoms with van der Waals surface area (Å²) in [6, 6.07) is 16.5. The number of hydrogen-bond acceptors (Lipinski definition) is 2. The van der Waals surface area contributed by atoms with Crippen LogP contribution >= 0.6 is 0 Å². The molecule has 1 aliphatic heterocycles. The molecule has 2 aliphatic rings. The molecule has 1 aliphatic carbocycles. The van der Waals surface area contributed by atoms with Crippen LogP contribution in [0.15, 0.2) is 54.1 Å². The Bertz CT molecular complexity index is 765. The summed E-state index contributed by atoms with van der Waals surface area (Å²) in [5, 5.41) is 3.43. The normalized spacial score (nSPS) is 17.7. The zero-order valence-electron chi connectivity index (χ0n) is 12.6. The highest BCUT2D eigenvalue weighted by Gasteiger charge is 2.25. The lowest BCUT2D eigenvalue weighted by molar-refractivity contribution is 0.0993. The third-order valence-electron chi connectivity index (χ3n) is 4.70. The molecule has 0 radical (unpaired) electrons. The van der Waals surface area contributed by atoms with Gasteiger partial charge in [0.05, 0.1) is 0 Å². The average molecular weight is 289 g/mol. The van der Waals surface area contributed by atoms with E-state index < -0.39 is 0 Å². The van der Waals surface area contributed by atoms with Gasteiger partial charge in [-0.15, -0.1) is 0 Å². The Morgan fingerprint density at radius 3 is 2.18 bits per heavy atom. The van der Waals surface area contributed by atoms with Gasteiger partial charge in [-0.2, -0.15) is 0 Å². The minimum absolute atomic E-state index is 0.229. The molecular weight excluding hydrogens is 270 g/mol. The molecule has 2 aromatic carbocycles. The number of rotatable bonds is 0. The lowest BCUT2D eigenvalue weighted by Crippen LogP contribution is -2.24. The van der Waals surface area contributed by atoms with E-state index in [9.17, 15) is 4.79 Å². The van der Waals surface area contributed by atoms with Gasteiger partial charge in [-0.3, -0.25) is 4.79 Å². The first-order valence-corrected chi connectivity index (χ1v) is 7.98. The van der Waals surface area contributed by atoms with E-state index in [2.05, 4.69) is 29.6 Å². The minimum atomic E-state index is 0.229. The van der Waals surface area contributed by atoms with Crippen molar-refractivity contribution in [2.45, 2.75) is 19.3 Å². The van der Waals surface area contributed by atoms with Crippen LogP contribution in [0, 0.1) is 0 Å². The molecule has 4 rings (SSSR count). The average Bonchev–Trinajstić information content (AvgIpc) is 2.70. The van der Waals surface area contributed by atoms with Gasteiger partial charge in [-0.05, 0) is 48.2 Å². The molecule has 2 heteroatoms. The lowest BCUT2D eigenvalue weighted by Gasteiger charge is -2.22. The number of hydrogen-bond donors (Lipinski definition) is 1. The van der Waals surface area contributed by atoms with E-state index in [1.807, 2.05) is 24.3 Å². The van der Waals surface area contributed by atoms with E-state index in [4.69, 9.17) is 0 Å². The molecule has 1 heterocycles. The Balaban J connectivity index is 2.03. The van der Waals surface area contributed by atoms with Crippen molar-refractivity contribution in [2.75, 3.05) is 13.1 Å². The maximum Gasteiger partial charge on any atom is 0.167 e. The predicted octanol–water partition coefficient (Wildman–Crippen LogP) is 3.61. The summed E-state index contributed by atoms with van der Waals surface area (Å²) in [5.74, 6) is 0.229. The molecule has 0 spiro atoms. The Labute approximate surface area is 130 Å². The Morgan fingerprint density at radius 2 is 1.41 bits per heavy atom. The zero-order chi connectivity index (χ0) is 14.9. The number of piperidine rings is 1. The van der Waals surface area contributed by atoms with Crippen LogP contribution < -0.4 is 5.32 Å². The van der Waals surface area contributed by atoms with Gasteiger partial charge in [0.15, 0.2) is 5.78 Å². The summed E-state index contributed by atoms with van der Waals surface area (Å²) in [6.45, 7) is 2.05. The minimum Gasteiger partial charge on any atom is -0.316 e. The number of carbonyl (C=O) groups is 1. The van der Waals surface area contributed by atoms with Crippen LogP contribution in [0.25, 0.3) is 5.57 Å². The first-order chi connectivity index (χ1) is 10.8. The largest absolute Gasteiger partial charge is 0.316 e.